The second kappa shape index (κ2) is 9.09. The Hall–Kier alpha value is -2.87. The molecular formula is C21H23N3O4S. The fraction of sp³-hybridized carbons (Fsp3) is 0.333. The third kappa shape index (κ3) is 5.80. The van der Waals surface area contributed by atoms with Crippen LogP contribution in [0.1, 0.15) is 38.3 Å². The van der Waals surface area contributed by atoms with E-state index >= 15 is 0 Å². The van der Waals surface area contributed by atoms with Crippen LogP contribution in [0.25, 0.3) is 0 Å². The van der Waals surface area contributed by atoms with Gasteiger partial charge in [-0.3, -0.25) is 19.7 Å². The lowest BCUT2D eigenvalue weighted by molar-refractivity contribution is -0.384. The lowest BCUT2D eigenvalue weighted by Gasteiger charge is -2.18. The number of non-ortho nitro benzene ring substituents is 1. The molecule has 2 N–H and O–H groups in total. The van der Waals surface area contributed by atoms with Crippen LogP contribution in [0.4, 0.5) is 11.4 Å². The van der Waals surface area contributed by atoms with E-state index in [0.717, 1.165) is 29.0 Å². The number of benzene rings is 2. The molecule has 152 valence electrons. The molecule has 7 nitrogen and oxygen atoms in total. The average molecular weight is 413 g/mol. The standard InChI is InChI=1S/C21H23N3O4S/c1-13(15-5-7-17(8-6-15)23-21(26)16-3-4-16)22-20(25)14(2)29-19-11-9-18(10-12-19)24(27)28/h5-14,16H,3-4H2,1-2H3,(H,22,25)(H,23,26). The zero-order valence-corrected chi connectivity index (χ0v) is 17.1. The van der Waals surface area contributed by atoms with Crippen LogP contribution in [0.3, 0.4) is 0 Å². The SMILES string of the molecule is CC(Sc1ccc([N+](=O)[O-])cc1)C(=O)NC(C)c1ccc(NC(=O)C2CC2)cc1. The molecule has 1 fully saturated rings. The van der Waals surface area contributed by atoms with Gasteiger partial charge in [0.15, 0.2) is 0 Å². The number of nitrogens with zero attached hydrogens (tertiary/aromatic N) is 1. The van der Waals surface area contributed by atoms with Gasteiger partial charge in [0.25, 0.3) is 5.69 Å². The van der Waals surface area contributed by atoms with Gasteiger partial charge in [0, 0.05) is 28.6 Å². The van der Waals surface area contributed by atoms with Crippen molar-refractivity contribution >= 4 is 35.0 Å². The van der Waals surface area contributed by atoms with E-state index in [-0.39, 0.29) is 34.7 Å². The van der Waals surface area contributed by atoms with Gasteiger partial charge in [-0.15, -0.1) is 11.8 Å². The number of carbonyl (C=O) groups is 2. The molecule has 3 rings (SSSR count). The Kier molecular flexibility index (Phi) is 6.53. The first-order chi connectivity index (χ1) is 13.8. The molecule has 2 aromatic rings. The molecule has 0 heterocycles. The number of nitro benzene ring substituents is 1. The number of nitrogens with one attached hydrogen (secondary N) is 2. The number of amides is 2. The molecule has 2 atom stereocenters. The predicted octanol–water partition coefficient (Wildman–Crippen LogP) is 4.30. The Balaban J connectivity index is 1.52. The van der Waals surface area contributed by atoms with Crippen LogP contribution >= 0.6 is 11.8 Å². The maximum absolute atomic E-state index is 12.5. The van der Waals surface area contributed by atoms with Crippen LogP contribution in [-0.4, -0.2) is 22.0 Å². The van der Waals surface area contributed by atoms with Gasteiger partial charge in [0.05, 0.1) is 16.2 Å². The summed E-state index contributed by atoms with van der Waals surface area (Å²) in [6.07, 6.45) is 1.92. The molecule has 29 heavy (non-hydrogen) atoms. The molecule has 0 radical (unpaired) electrons. The van der Waals surface area contributed by atoms with Crippen LogP contribution in [0.15, 0.2) is 53.4 Å². The van der Waals surface area contributed by atoms with Crippen LogP contribution in [0.5, 0.6) is 0 Å². The number of rotatable bonds is 8. The van der Waals surface area contributed by atoms with Crippen molar-refractivity contribution in [1.29, 1.82) is 0 Å². The van der Waals surface area contributed by atoms with Gasteiger partial charge in [-0.05, 0) is 56.5 Å². The normalized spacial score (nSPS) is 15.2. The molecule has 2 amide bonds. The van der Waals surface area contributed by atoms with E-state index in [9.17, 15) is 19.7 Å². The van der Waals surface area contributed by atoms with Gasteiger partial charge < -0.3 is 10.6 Å². The van der Waals surface area contributed by atoms with Crippen LogP contribution < -0.4 is 10.6 Å². The van der Waals surface area contributed by atoms with Crippen molar-refractivity contribution < 1.29 is 14.5 Å². The highest BCUT2D eigenvalue weighted by atomic mass is 32.2. The number of hydrogen-bond acceptors (Lipinski definition) is 5. The summed E-state index contributed by atoms with van der Waals surface area (Å²) in [6.45, 7) is 3.70. The van der Waals surface area contributed by atoms with Gasteiger partial charge in [-0.1, -0.05) is 12.1 Å². The van der Waals surface area contributed by atoms with Crippen molar-refractivity contribution in [1.82, 2.24) is 5.32 Å². The summed E-state index contributed by atoms with van der Waals surface area (Å²) in [7, 11) is 0. The quantitative estimate of drug-likeness (QED) is 0.382. The Morgan fingerprint density at radius 2 is 1.69 bits per heavy atom. The molecule has 0 bridgehead atoms. The Morgan fingerprint density at radius 1 is 1.07 bits per heavy atom. The molecule has 0 aliphatic heterocycles. The van der Waals surface area contributed by atoms with E-state index in [1.54, 1.807) is 19.1 Å². The summed E-state index contributed by atoms with van der Waals surface area (Å²) in [5.41, 5.74) is 1.72. The van der Waals surface area contributed by atoms with E-state index in [0.29, 0.717) is 0 Å². The molecule has 8 heteroatoms. The fourth-order valence-electron chi connectivity index (χ4n) is 2.76. The van der Waals surface area contributed by atoms with Crippen molar-refractivity contribution in [3.05, 3.63) is 64.2 Å². The van der Waals surface area contributed by atoms with Crippen LogP contribution in [0.2, 0.25) is 0 Å². The molecule has 0 saturated heterocycles. The summed E-state index contributed by atoms with van der Waals surface area (Å²) < 4.78 is 0. The summed E-state index contributed by atoms with van der Waals surface area (Å²) in [6, 6.07) is 13.4. The minimum absolute atomic E-state index is 0.0249. The maximum Gasteiger partial charge on any atom is 0.269 e. The van der Waals surface area contributed by atoms with Crippen LogP contribution in [-0.2, 0) is 9.59 Å². The van der Waals surface area contributed by atoms with Crippen molar-refractivity contribution in [3.63, 3.8) is 0 Å². The van der Waals surface area contributed by atoms with Crippen molar-refractivity contribution in [2.75, 3.05) is 5.32 Å². The van der Waals surface area contributed by atoms with Gasteiger partial charge in [0.1, 0.15) is 0 Å². The Labute approximate surface area is 173 Å². The van der Waals surface area contributed by atoms with Crippen molar-refractivity contribution in [2.45, 2.75) is 42.9 Å². The number of thioether (sulfide) groups is 1. The zero-order chi connectivity index (χ0) is 21.0. The first kappa shape index (κ1) is 20.9. The summed E-state index contributed by atoms with van der Waals surface area (Å²) >= 11 is 1.34. The molecule has 0 spiro atoms. The van der Waals surface area contributed by atoms with E-state index in [4.69, 9.17) is 0 Å². The highest BCUT2D eigenvalue weighted by molar-refractivity contribution is 8.00. The third-order valence-electron chi connectivity index (χ3n) is 4.71. The van der Waals surface area contributed by atoms with Gasteiger partial charge in [-0.25, -0.2) is 0 Å². The molecule has 2 unspecified atom stereocenters. The molecule has 2 aromatic carbocycles. The second-order valence-corrected chi connectivity index (χ2v) is 8.54. The first-order valence-electron chi connectivity index (χ1n) is 9.46. The summed E-state index contributed by atoms with van der Waals surface area (Å²) in [4.78, 5) is 35.4. The summed E-state index contributed by atoms with van der Waals surface area (Å²) in [5, 5.41) is 16.2. The van der Waals surface area contributed by atoms with E-state index in [1.165, 1.54) is 23.9 Å². The highest BCUT2D eigenvalue weighted by Gasteiger charge is 2.29. The predicted molar refractivity (Wildman–Crippen MR) is 113 cm³/mol. The number of carbonyl (C=O) groups excluding carboxylic acids is 2. The minimum atomic E-state index is -0.449. The monoisotopic (exact) mass is 413 g/mol. The van der Waals surface area contributed by atoms with E-state index in [2.05, 4.69) is 10.6 Å². The van der Waals surface area contributed by atoms with Crippen molar-refractivity contribution in [2.24, 2.45) is 5.92 Å². The first-order valence-corrected chi connectivity index (χ1v) is 10.3. The fourth-order valence-corrected chi connectivity index (χ4v) is 3.64. The highest BCUT2D eigenvalue weighted by Crippen LogP contribution is 2.30. The van der Waals surface area contributed by atoms with Gasteiger partial charge >= 0.3 is 0 Å². The average Bonchev–Trinajstić information content (AvgIpc) is 3.54. The minimum Gasteiger partial charge on any atom is -0.349 e. The molecule has 1 saturated carbocycles. The number of hydrogen-bond donors (Lipinski definition) is 2. The van der Waals surface area contributed by atoms with E-state index < -0.39 is 4.92 Å². The lowest BCUT2D eigenvalue weighted by Crippen LogP contribution is -2.33. The lowest BCUT2D eigenvalue weighted by atomic mass is 10.1. The molecule has 0 aromatic heterocycles. The molecular weight excluding hydrogens is 390 g/mol. The maximum atomic E-state index is 12.5. The topological polar surface area (TPSA) is 101 Å². The van der Waals surface area contributed by atoms with Gasteiger partial charge in [0.2, 0.25) is 11.8 Å². The molecule has 1 aliphatic rings. The van der Waals surface area contributed by atoms with Gasteiger partial charge in [-0.2, -0.15) is 0 Å². The van der Waals surface area contributed by atoms with Crippen LogP contribution in [0, 0.1) is 16.0 Å². The smallest absolute Gasteiger partial charge is 0.269 e. The third-order valence-corrected chi connectivity index (χ3v) is 5.83. The second-order valence-electron chi connectivity index (χ2n) is 7.13. The summed E-state index contributed by atoms with van der Waals surface area (Å²) in [5.74, 6) is 0.103. The largest absolute Gasteiger partial charge is 0.349 e. The Bertz CT molecular complexity index is 895. The number of nitro groups is 1. The zero-order valence-electron chi connectivity index (χ0n) is 16.3. The van der Waals surface area contributed by atoms with Crippen molar-refractivity contribution in [3.8, 4) is 0 Å². The van der Waals surface area contributed by atoms with E-state index in [1.807, 2.05) is 31.2 Å². The Morgan fingerprint density at radius 3 is 2.24 bits per heavy atom. The molecule has 1 aliphatic carbocycles. The number of anilines is 1.